The average Bonchev–Trinajstić information content (AvgIpc) is 2.77. The Balaban J connectivity index is 1.54. The fraction of sp³-hybridized carbons (Fsp3) is 0.409. The molecule has 1 aliphatic heterocycles. The molecule has 0 spiro atoms. The topological polar surface area (TPSA) is 89.0 Å². The van der Waals surface area contributed by atoms with Crippen LogP contribution in [0.5, 0.6) is 0 Å². The van der Waals surface area contributed by atoms with Gasteiger partial charge in [0.2, 0.25) is 5.91 Å². The molecule has 1 atom stereocenters. The highest BCUT2D eigenvalue weighted by Crippen LogP contribution is 2.15. The van der Waals surface area contributed by atoms with Crippen LogP contribution in [0, 0.1) is 5.82 Å². The van der Waals surface area contributed by atoms with E-state index in [-0.39, 0.29) is 11.5 Å². The highest BCUT2D eigenvalue weighted by atomic mass is 19.1. The van der Waals surface area contributed by atoms with Crippen LogP contribution >= 0.6 is 0 Å². The first-order valence-electron chi connectivity index (χ1n) is 10.2. The lowest BCUT2D eigenvalue weighted by Gasteiger charge is -2.36. The molecule has 0 unspecified atom stereocenters. The number of aliphatic hydroxyl groups excluding tert-OH is 1. The van der Waals surface area contributed by atoms with Crippen molar-refractivity contribution in [2.45, 2.75) is 12.6 Å². The number of amides is 2. The molecule has 0 bridgehead atoms. The Morgan fingerprint density at radius 1 is 1.13 bits per heavy atom. The van der Waals surface area contributed by atoms with Gasteiger partial charge in [-0.05, 0) is 50.0 Å². The summed E-state index contributed by atoms with van der Waals surface area (Å²) in [7, 11) is 4.01. The van der Waals surface area contributed by atoms with Gasteiger partial charge in [0.05, 0.1) is 6.61 Å². The lowest BCUT2D eigenvalue weighted by molar-refractivity contribution is -0.134. The van der Waals surface area contributed by atoms with Crippen molar-refractivity contribution in [2.75, 3.05) is 51.8 Å². The Hall–Kier alpha value is -3.04. The molecule has 8 nitrogen and oxygen atoms in total. The van der Waals surface area contributed by atoms with Gasteiger partial charge in [-0.15, -0.1) is 0 Å². The summed E-state index contributed by atoms with van der Waals surface area (Å²) in [5.74, 6) is -0.469. The molecule has 1 saturated heterocycles. The van der Waals surface area contributed by atoms with Crippen LogP contribution in [0.25, 0.3) is 0 Å². The number of pyridine rings is 1. The molecule has 1 aliphatic rings. The number of carbonyl (C=O) groups excluding carboxylic acids is 2. The maximum Gasteiger partial charge on any atom is 0.251 e. The third-order valence-electron chi connectivity index (χ3n) is 5.12. The predicted molar refractivity (Wildman–Crippen MR) is 115 cm³/mol. The van der Waals surface area contributed by atoms with Gasteiger partial charge in [0, 0.05) is 44.5 Å². The van der Waals surface area contributed by atoms with E-state index in [1.807, 2.05) is 32.4 Å². The number of hydrogen-bond donors (Lipinski definition) is 2. The number of carbonyl (C=O) groups is 2. The van der Waals surface area contributed by atoms with Gasteiger partial charge in [-0.1, -0.05) is 6.07 Å². The van der Waals surface area contributed by atoms with Crippen molar-refractivity contribution in [3.63, 3.8) is 0 Å². The molecule has 2 N–H and O–H groups in total. The van der Waals surface area contributed by atoms with Crippen LogP contribution < -0.4 is 10.2 Å². The van der Waals surface area contributed by atoms with Gasteiger partial charge in [-0.2, -0.15) is 0 Å². The number of aliphatic hydroxyl groups is 1. The molecule has 2 heterocycles. The minimum Gasteiger partial charge on any atom is -0.394 e. The molecule has 1 aromatic heterocycles. The first-order chi connectivity index (χ1) is 14.9. The fourth-order valence-electron chi connectivity index (χ4n) is 3.47. The van der Waals surface area contributed by atoms with E-state index < -0.39 is 24.4 Å². The van der Waals surface area contributed by atoms with Gasteiger partial charge in [0.15, 0.2) is 0 Å². The second-order valence-corrected chi connectivity index (χ2v) is 7.79. The van der Waals surface area contributed by atoms with E-state index >= 15 is 0 Å². The van der Waals surface area contributed by atoms with Crippen molar-refractivity contribution in [3.05, 3.63) is 59.5 Å². The SMILES string of the molecule is CN(C)Cc1ccc(N2CCN(C(=O)[C@H](CO)NC(=O)c3ccc(F)cc3)CC2)nc1. The van der Waals surface area contributed by atoms with Gasteiger partial charge >= 0.3 is 0 Å². The Morgan fingerprint density at radius 3 is 2.35 bits per heavy atom. The molecule has 0 aliphatic carbocycles. The zero-order valence-corrected chi connectivity index (χ0v) is 17.8. The first-order valence-corrected chi connectivity index (χ1v) is 10.2. The maximum atomic E-state index is 13.0. The minimum atomic E-state index is -1.05. The van der Waals surface area contributed by atoms with Crippen molar-refractivity contribution in [3.8, 4) is 0 Å². The van der Waals surface area contributed by atoms with Crippen LogP contribution in [0.2, 0.25) is 0 Å². The number of hydrogen-bond acceptors (Lipinski definition) is 6. The molecular formula is C22H28FN5O3. The molecule has 31 heavy (non-hydrogen) atoms. The zero-order chi connectivity index (χ0) is 22.4. The van der Waals surface area contributed by atoms with Crippen LogP contribution in [-0.2, 0) is 11.3 Å². The van der Waals surface area contributed by atoms with Crippen LogP contribution in [0.4, 0.5) is 10.2 Å². The van der Waals surface area contributed by atoms with E-state index in [0.29, 0.717) is 26.2 Å². The van der Waals surface area contributed by atoms with E-state index in [0.717, 1.165) is 17.9 Å². The molecule has 1 aromatic carbocycles. The molecule has 0 saturated carbocycles. The van der Waals surface area contributed by atoms with Crippen LogP contribution in [-0.4, -0.2) is 84.6 Å². The highest BCUT2D eigenvalue weighted by Gasteiger charge is 2.28. The van der Waals surface area contributed by atoms with Crippen molar-refractivity contribution in [2.24, 2.45) is 0 Å². The van der Waals surface area contributed by atoms with Crippen LogP contribution in [0.1, 0.15) is 15.9 Å². The van der Waals surface area contributed by atoms with Gasteiger partial charge in [0.1, 0.15) is 17.7 Å². The van der Waals surface area contributed by atoms with E-state index in [2.05, 4.69) is 20.1 Å². The molecule has 3 rings (SSSR count). The van der Waals surface area contributed by atoms with Crippen LogP contribution in [0.15, 0.2) is 42.6 Å². The van der Waals surface area contributed by atoms with E-state index in [1.54, 1.807) is 4.90 Å². The standard InChI is InChI=1S/C22H28FN5O3/c1-26(2)14-16-3-8-20(24-13-16)27-9-11-28(12-10-27)22(31)19(15-29)25-21(30)17-4-6-18(23)7-5-17/h3-8,13,19,29H,9-12,14-15H2,1-2H3,(H,25,30)/t19-/m0/s1. The van der Waals surface area contributed by atoms with E-state index in [4.69, 9.17) is 0 Å². The molecular weight excluding hydrogens is 401 g/mol. The van der Waals surface area contributed by atoms with E-state index in [1.165, 1.54) is 24.3 Å². The Morgan fingerprint density at radius 2 is 1.81 bits per heavy atom. The molecule has 1 fully saturated rings. The average molecular weight is 429 g/mol. The van der Waals surface area contributed by atoms with Crippen molar-refractivity contribution in [1.82, 2.24) is 20.1 Å². The minimum absolute atomic E-state index is 0.223. The van der Waals surface area contributed by atoms with Gasteiger partial charge in [0.25, 0.3) is 5.91 Å². The Labute approximate surface area is 181 Å². The number of piperazine rings is 1. The second-order valence-electron chi connectivity index (χ2n) is 7.79. The van der Waals surface area contributed by atoms with Crippen molar-refractivity contribution < 1.29 is 19.1 Å². The van der Waals surface area contributed by atoms with Crippen LogP contribution in [0.3, 0.4) is 0 Å². The summed E-state index contributed by atoms with van der Waals surface area (Å²) in [5, 5.41) is 12.2. The summed E-state index contributed by atoms with van der Waals surface area (Å²) >= 11 is 0. The third kappa shape index (κ3) is 5.99. The largest absolute Gasteiger partial charge is 0.394 e. The van der Waals surface area contributed by atoms with Crippen molar-refractivity contribution in [1.29, 1.82) is 0 Å². The Kier molecular flexibility index (Phi) is 7.54. The predicted octanol–water partition coefficient (Wildman–Crippen LogP) is 0.722. The van der Waals surface area contributed by atoms with Gasteiger partial charge in [-0.3, -0.25) is 9.59 Å². The number of aromatic nitrogens is 1. The van der Waals surface area contributed by atoms with Crippen molar-refractivity contribution >= 4 is 17.6 Å². The summed E-state index contributed by atoms with van der Waals surface area (Å²) in [6, 6.07) is 7.99. The summed E-state index contributed by atoms with van der Waals surface area (Å²) in [4.78, 5) is 35.4. The number of halogens is 1. The number of nitrogens with one attached hydrogen (secondary N) is 1. The fourth-order valence-corrected chi connectivity index (χ4v) is 3.47. The number of nitrogens with zero attached hydrogens (tertiary/aromatic N) is 4. The highest BCUT2D eigenvalue weighted by molar-refractivity contribution is 5.97. The van der Waals surface area contributed by atoms with E-state index in [9.17, 15) is 19.1 Å². The number of rotatable bonds is 7. The lowest BCUT2D eigenvalue weighted by atomic mass is 10.1. The summed E-state index contributed by atoms with van der Waals surface area (Å²) in [5.41, 5.74) is 1.35. The zero-order valence-electron chi connectivity index (χ0n) is 17.8. The Bertz CT molecular complexity index is 881. The molecule has 9 heteroatoms. The smallest absolute Gasteiger partial charge is 0.251 e. The number of anilines is 1. The summed E-state index contributed by atoms with van der Waals surface area (Å²) < 4.78 is 13.0. The normalized spacial score (nSPS) is 15.1. The molecule has 0 radical (unpaired) electrons. The molecule has 2 aromatic rings. The quantitative estimate of drug-likeness (QED) is 0.674. The third-order valence-corrected chi connectivity index (χ3v) is 5.12. The molecule has 166 valence electrons. The summed E-state index contributed by atoms with van der Waals surface area (Å²) in [6.07, 6.45) is 1.86. The van der Waals surface area contributed by atoms with Gasteiger partial charge in [-0.25, -0.2) is 9.37 Å². The number of benzene rings is 1. The second kappa shape index (κ2) is 10.3. The first kappa shape index (κ1) is 22.6. The maximum absolute atomic E-state index is 13.0. The van der Waals surface area contributed by atoms with Gasteiger partial charge < -0.3 is 25.1 Å². The lowest BCUT2D eigenvalue weighted by Crippen LogP contribution is -2.56. The molecule has 2 amide bonds. The monoisotopic (exact) mass is 429 g/mol. The summed E-state index contributed by atoms with van der Waals surface area (Å²) in [6.45, 7) is 2.44.